The van der Waals surface area contributed by atoms with Crippen molar-refractivity contribution in [3.8, 4) is 0 Å². The van der Waals surface area contributed by atoms with Crippen LogP contribution in [0.3, 0.4) is 0 Å². The Morgan fingerprint density at radius 3 is 2.72 bits per heavy atom. The average Bonchev–Trinajstić information content (AvgIpc) is 2.27. The third-order valence-corrected chi connectivity index (χ3v) is 3.73. The number of hydrogen-bond acceptors (Lipinski definition) is 3. The lowest BCUT2D eigenvalue weighted by Gasteiger charge is -2.36. The first-order valence-corrected chi connectivity index (χ1v) is 6.69. The van der Waals surface area contributed by atoms with Crippen LogP contribution in [0.4, 0.5) is 0 Å². The zero-order valence-corrected chi connectivity index (χ0v) is 11.2. The third-order valence-electron chi connectivity index (χ3n) is 3.73. The predicted octanol–water partition coefficient (Wildman–Crippen LogP) is 1.26. The zero-order valence-electron chi connectivity index (χ0n) is 11.2. The van der Waals surface area contributed by atoms with Crippen LogP contribution in [0.15, 0.2) is 0 Å². The summed E-state index contributed by atoms with van der Waals surface area (Å²) in [6, 6.07) is -0.326. The highest BCUT2D eigenvalue weighted by Gasteiger charge is 2.38. The molecule has 5 heteroatoms. The molecule has 1 aliphatic rings. The van der Waals surface area contributed by atoms with E-state index in [0.717, 1.165) is 12.8 Å². The molecule has 104 valence electrons. The van der Waals surface area contributed by atoms with Crippen molar-refractivity contribution in [1.82, 2.24) is 5.32 Å². The van der Waals surface area contributed by atoms with E-state index in [0.29, 0.717) is 25.2 Å². The Bertz CT molecular complexity index is 319. The van der Waals surface area contributed by atoms with Crippen molar-refractivity contribution in [2.45, 2.75) is 64.0 Å². The van der Waals surface area contributed by atoms with Crippen molar-refractivity contribution in [3.63, 3.8) is 0 Å². The molecule has 1 saturated carbocycles. The van der Waals surface area contributed by atoms with Gasteiger partial charge in [-0.15, -0.1) is 0 Å². The van der Waals surface area contributed by atoms with Gasteiger partial charge in [0.2, 0.25) is 5.91 Å². The maximum Gasteiger partial charge on any atom is 0.305 e. The normalized spacial score (nSPS) is 29.6. The summed E-state index contributed by atoms with van der Waals surface area (Å²) >= 11 is 0. The van der Waals surface area contributed by atoms with Crippen molar-refractivity contribution in [2.75, 3.05) is 0 Å². The highest BCUT2D eigenvalue weighted by Crippen LogP contribution is 2.30. The molecule has 0 spiro atoms. The number of carboxylic acids is 1. The second-order valence-corrected chi connectivity index (χ2v) is 5.53. The molecule has 0 bridgehead atoms. The molecular formula is C13H24N2O3. The SMILES string of the molecule is CCC(CC(=O)O)NC(=O)C1(N)CCCC(C)C1. The lowest BCUT2D eigenvalue weighted by atomic mass is 9.76. The third kappa shape index (κ3) is 3.98. The van der Waals surface area contributed by atoms with E-state index in [1.165, 1.54) is 0 Å². The number of nitrogens with one attached hydrogen (secondary N) is 1. The van der Waals surface area contributed by atoms with Gasteiger partial charge in [0.05, 0.1) is 12.0 Å². The fraction of sp³-hybridized carbons (Fsp3) is 0.846. The molecule has 5 nitrogen and oxygen atoms in total. The number of nitrogens with two attached hydrogens (primary N) is 1. The van der Waals surface area contributed by atoms with E-state index < -0.39 is 11.5 Å². The van der Waals surface area contributed by atoms with Crippen LogP contribution in [-0.2, 0) is 9.59 Å². The summed E-state index contributed by atoms with van der Waals surface area (Å²) in [5, 5.41) is 11.5. The number of carboxylic acid groups (broad SMARTS) is 1. The summed E-state index contributed by atoms with van der Waals surface area (Å²) in [7, 11) is 0. The lowest BCUT2D eigenvalue weighted by molar-refractivity contribution is -0.138. The topological polar surface area (TPSA) is 92.4 Å². The molecule has 1 amide bonds. The summed E-state index contributed by atoms with van der Waals surface area (Å²) < 4.78 is 0. The Hall–Kier alpha value is -1.10. The van der Waals surface area contributed by atoms with Gasteiger partial charge in [0.15, 0.2) is 0 Å². The summed E-state index contributed by atoms with van der Waals surface area (Å²) in [5.74, 6) is -0.638. The second-order valence-electron chi connectivity index (χ2n) is 5.53. The average molecular weight is 256 g/mol. The molecule has 4 N–H and O–H groups in total. The number of rotatable bonds is 5. The van der Waals surface area contributed by atoms with E-state index >= 15 is 0 Å². The Morgan fingerprint density at radius 1 is 1.56 bits per heavy atom. The highest BCUT2D eigenvalue weighted by atomic mass is 16.4. The summed E-state index contributed by atoms with van der Waals surface area (Å²) in [6.07, 6.45) is 3.99. The van der Waals surface area contributed by atoms with Gasteiger partial charge in [-0.2, -0.15) is 0 Å². The minimum Gasteiger partial charge on any atom is -0.481 e. The maximum atomic E-state index is 12.2. The number of aliphatic carboxylic acids is 1. The van der Waals surface area contributed by atoms with Crippen molar-refractivity contribution in [3.05, 3.63) is 0 Å². The molecular weight excluding hydrogens is 232 g/mol. The summed E-state index contributed by atoms with van der Waals surface area (Å²) in [4.78, 5) is 22.9. The van der Waals surface area contributed by atoms with Crippen molar-refractivity contribution in [2.24, 2.45) is 11.7 Å². The quantitative estimate of drug-likeness (QED) is 0.690. The van der Waals surface area contributed by atoms with Gasteiger partial charge in [-0.1, -0.05) is 26.7 Å². The van der Waals surface area contributed by atoms with Crippen LogP contribution in [0.1, 0.15) is 52.4 Å². The van der Waals surface area contributed by atoms with Gasteiger partial charge in [-0.3, -0.25) is 9.59 Å². The first-order chi connectivity index (χ1) is 8.37. The molecule has 0 aliphatic heterocycles. The Morgan fingerprint density at radius 2 is 2.22 bits per heavy atom. The van der Waals surface area contributed by atoms with Gasteiger partial charge >= 0.3 is 5.97 Å². The number of hydrogen-bond donors (Lipinski definition) is 3. The molecule has 0 heterocycles. The summed E-state index contributed by atoms with van der Waals surface area (Å²) in [6.45, 7) is 3.96. The number of carbonyl (C=O) groups is 2. The minimum absolute atomic E-state index is 0.0477. The largest absolute Gasteiger partial charge is 0.481 e. The van der Waals surface area contributed by atoms with Gasteiger partial charge in [0.25, 0.3) is 0 Å². The smallest absolute Gasteiger partial charge is 0.305 e. The fourth-order valence-corrected chi connectivity index (χ4v) is 2.64. The Labute approximate surface area is 108 Å². The van der Waals surface area contributed by atoms with Crippen LogP contribution >= 0.6 is 0 Å². The van der Waals surface area contributed by atoms with E-state index in [4.69, 9.17) is 10.8 Å². The molecule has 1 rings (SSSR count). The van der Waals surface area contributed by atoms with Gasteiger partial charge in [-0.25, -0.2) is 0 Å². The van der Waals surface area contributed by atoms with E-state index in [1.807, 2.05) is 6.92 Å². The first-order valence-electron chi connectivity index (χ1n) is 6.69. The molecule has 3 atom stereocenters. The molecule has 0 saturated heterocycles. The second kappa shape index (κ2) is 6.18. The number of amides is 1. The van der Waals surface area contributed by atoms with E-state index in [9.17, 15) is 9.59 Å². The lowest BCUT2D eigenvalue weighted by Crippen LogP contribution is -2.58. The van der Waals surface area contributed by atoms with E-state index in [1.54, 1.807) is 0 Å². The first kappa shape index (κ1) is 15.0. The van der Waals surface area contributed by atoms with Crippen molar-refractivity contribution >= 4 is 11.9 Å². The Balaban J connectivity index is 2.59. The summed E-state index contributed by atoms with van der Waals surface area (Å²) in [5.41, 5.74) is 5.35. The monoisotopic (exact) mass is 256 g/mol. The number of carbonyl (C=O) groups excluding carboxylic acids is 1. The van der Waals surface area contributed by atoms with Gasteiger partial charge in [0.1, 0.15) is 0 Å². The molecule has 0 radical (unpaired) electrons. The van der Waals surface area contributed by atoms with Crippen LogP contribution < -0.4 is 11.1 Å². The standard InChI is InChI=1S/C13H24N2O3/c1-3-10(7-11(16)17)15-12(18)13(14)6-4-5-9(2)8-13/h9-10H,3-8,14H2,1-2H3,(H,15,18)(H,16,17). The molecule has 0 aromatic carbocycles. The minimum atomic E-state index is -0.898. The highest BCUT2D eigenvalue weighted by molar-refractivity contribution is 5.86. The van der Waals surface area contributed by atoms with Gasteiger partial charge in [0, 0.05) is 6.04 Å². The van der Waals surface area contributed by atoms with Crippen LogP contribution in [0.25, 0.3) is 0 Å². The van der Waals surface area contributed by atoms with Gasteiger partial charge < -0.3 is 16.2 Å². The van der Waals surface area contributed by atoms with E-state index in [-0.39, 0.29) is 18.4 Å². The molecule has 0 aromatic heterocycles. The maximum absolute atomic E-state index is 12.2. The van der Waals surface area contributed by atoms with Gasteiger partial charge in [-0.05, 0) is 25.2 Å². The van der Waals surface area contributed by atoms with Crippen LogP contribution in [0, 0.1) is 5.92 Å². The Kier molecular flexibility index (Phi) is 5.14. The molecule has 18 heavy (non-hydrogen) atoms. The fourth-order valence-electron chi connectivity index (χ4n) is 2.64. The molecule has 3 unspecified atom stereocenters. The van der Waals surface area contributed by atoms with E-state index in [2.05, 4.69) is 12.2 Å². The molecule has 0 aromatic rings. The molecule has 1 fully saturated rings. The molecule has 1 aliphatic carbocycles. The van der Waals surface area contributed by atoms with Crippen molar-refractivity contribution < 1.29 is 14.7 Å². The van der Waals surface area contributed by atoms with Crippen LogP contribution in [0.5, 0.6) is 0 Å². The van der Waals surface area contributed by atoms with Crippen LogP contribution in [-0.4, -0.2) is 28.6 Å². The van der Waals surface area contributed by atoms with Crippen LogP contribution in [0.2, 0.25) is 0 Å². The van der Waals surface area contributed by atoms with Crippen molar-refractivity contribution in [1.29, 1.82) is 0 Å². The predicted molar refractivity (Wildman–Crippen MR) is 69.0 cm³/mol. The zero-order chi connectivity index (χ0) is 13.8.